The number of hydrogen-bond acceptors (Lipinski definition) is 6. The first-order valence-corrected chi connectivity index (χ1v) is 17.2. The quantitative estimate of drug-likeness (QED) is 0.0411. The molecule has 0 saturated carbocycles. The predicted molar refractivity (Wildman–Crippen MR) is 168 cm³/mol. The lowest BCUT2D eigenvalue weighted by molar-refractivity contribution is -0.152. The van der Waals surface area contributed by atoms with Crippen LogP contribution in [0.15, 0.2) is 12.2 Å². The summed E-state index contributed by atoms with van der Waals surface area (Å²) in [5, 5.41) is 9.96. The third-order valence-electron chi connectivity index (χ3n) is 7.85. The molecule has 2 unspecified atom stereocenters. The summed E-state index contributed by atoms with van der Waals surface area (Å²) in [5.41, 5.74) is 0. The highest BCUT2D eigenvalue weighted by molar-refractivity contribution is 5.69. The molecule has 0 aromatic heterocycles. The summed E-state index contributed by atoms with van der Waals surface area (Å²) < 4.78 is 16.0. The van der Waals surface area contributed by atoms with Crippen LogP contribution in [0, 0.1) is 5.92 Å². The lowest BCUT2D eigenvalue weighted by Gasteiger charge is -2.12. The molecule has 0 aliphatic carbocycles. The number of ether oxygens (including phenoxy) is 3. The van der Waals surface area contributed by atoms with E-state index in [0.29, 0.717) is 25.0 Å². The van der Waals surface area contributed by atoms with Gasteiger partial charge >= 0.3 is 11.9 Å². The van der Waals surface area contributed by atoms with E-state index in [9.17, 15) is 14.7 Å². The van der Waals surface area contributed by atoms with Crippen molar-refractivity contribution < 1.29 is 28.9 Å². The molecule has 0 radical (unpaired) electrons. The number of epoxide rings is 1. The Balaban J connectivity index is 1.83. The second-order valence-corrected chi connectivity index (χ2v) is 12.5. The first-order valence-electron chi connectivity index (χ1n) is 17.2. The summed E-state index contributed by atoms with van der Waals surface area (Å²) in [6.07, 6.45) is 28.6. The molecule has 0 bridgehead atoms. The Morgan fingerprint density at radius 3 is 1.80 bits per heavy atom. The van der Waals surface area contributed by atoms with Crippen LogP contribution in [0.5, 0.6) is 0 Å². The Kier molecular flexibility index (Phi) is 24.1. The number of aliphatic hydroxyl groups is 1. The van der Waals surface area contributed by atoms with Gasteiger partial charge in [-0.15, -0.1) is 0 Å². The second-order valence-electron chi connectivity index (χ2n) is 12.5. The number of rotatable bonds is 29. The fraction of sp³-hybridized carbons (Fsp3) is 0.886. The van der Waals surface area contributed by atoms with Crippen LogP contribution in [-0.2, 0) is 23.8 Å². The summed E-state index contributed by atoms with van der Waals surface area (Å²) in [6.45, 7) is 6.55. The van der Waals surface area contributed by atoms with Crippen LogP contribution in [0.2, 0.25) is 0 Å². The molecule has 0 amide bonds. The Labute approximate surface area is 252 Å². The zero-order chi connectivity index (χ0) is 30.0. The molecule has 3 atom stereocenters. The zero-order valence-electron chi connectivity index (χ0n) is 26.9. The van der Waals surface area contributed by atoms with Crippen molar-refractivity contribution in [2.24, 2.45) is 5.92 Å². The van der Waals surface area contributed by atoms with Gasteiger partial charge in [0.25, 0.3) is 0 Å². The minimum absolute atomic E-state index is 0.121. The molecule has 6 heteroatoms. The van der Waals surface area contributed by atoms with Crippen LogP contribution < -0.4 is 0 Å². The highest BCUT2D eigenvalue weighted by Gasteiger charge is 2.36. The average molecular weight is 581 g/mol. The molecular formula is C35H64O6. The van der Waals surface area contributed by atoms with Gasteiger partial charge in [0, 0.05) is 12.8 Å². The summed E-state index contributed by atoms with van der Waals surface area (Å²) in [7, 11) is 0. The number of carbonyl (C=O) groups excluding carboxylic acids is 2. The van der Waals surface area contributed by atoms with E-state index in [1.54, 1.807) is 0 Å². The number of esters is 2. The lowest BCUT2D eigenvalue weighted by atomic mass is 10.0. The fourth-order valence-electron chi connectivity index (χ4n) is 5.10. The standard InChI is InChI=1S/C35H64O6/c1-4-5-18-24-32-33(41-32)25-20-15-11-7-9-13-17-22-27-35(38)40-29-31(36)28-39-34(37)26-21-16-12-8-6-10-14-19-23-30(2)3/h15,20,30-33,36H,4-14,16-19,21-29H2,1-3H3/b20-15-/t31-,32?,33?/m1/s1. The first-order chi connectivity index (χ1) is 19.9. The molecule has 0 aromatic rings. The van der Waals surface area contributed by atoms with Gasteiger partial charge in [-0.3, -0.25) is 9.59 Å². The molecule has 240 valence electrons. The van der Waals surface area contributed by atoms with Gasteiger partial charge in [-0.1, -0.05) is 123 Å². The van der Waals surface area contributed by atoms with Crippen molar-refractivity contribution in [1.29, 1.82) is 0 Å². The van der Waals surface area contributed by atoms with E-state index in [-0.39, 0.29) is 25.2 Å². The molecule has 1 rings (SSSR count). The smallest absolute Gasteiger partial charge is 0.305 e. The fourth-order valence-corrected chi connectivity index (χ4v) is 5.10. The Bertz CT molecular complexity index is 661. The third kappa shape index (κ3) is 24.9. The van der Waals surface area contributed by atoms with Crippen molar-refractivity contribution in [3.63, 3.8) is 0 Å². The van der Waals surface area contributed by atoms with E-state index in [1.807, 2.05) is 0 Å². The SMILES string of the molecule is CCCCCC1OC1C/C=C\CCCCCCCC(=O)OC[C@H](O)COC(=O)CCCCCCCCCCC(C)C. The largest absolute Gasteiger partial charge is 0.463 e. The van der Waals surface area contributed by atoms with Crippen LogP contribution in [0.4, 0.5) is 0 Å². The topological polar surface area (TPSA) is 85.4 Å². The van der Waals surface area contributed by atoms with Crippen LogP contribution in [0.3, 0.4) is 0 Å². The van der Waals surface area contributed by atoms with Crippen LogP contribution in [0.25, 0.3) is 0 Å². The van der Waals surface area contributed by atoms with Gasteiger partial charge in [-0.2, -0.15) is 0 Å². The average Bonchev–Trinajstić information content (AvgIpc) is 3.70. The lowest BCUT2D eigenvalue weighted by Crippen LogP contribution is -2.25. The number of allylic oxidation sites excluding steroid dienone is 1. The second kappa shape index (κ2) is 26.2. The summed E-state index contributed by atoms with van der Waals surface area (Å²) in [6, 6.07) is 0. The minimum Gasteiger partial charge on any atom is -0.463 e. The van der Waals surface area contributed by atoms with Crippen LogP contribution in [0.1, 0.15) is 162 Å². The molecule has 1 aliphatic rings. The van der Waals surface area contributed by atoms with Crippen molar-refractivity contribution in [2.45, 2.75) is 180 Å². The molecule has 1 fully saturated rings. The van der Waals surface area contributed by atoms with Gasteiger partial charge in [-0.05, 0) is 44.4 Å². The summed E-state index contributed by atoms with van der Waals surface area (Å²) in [4.78, 5) is 23.8. The molecule has 41 heavy (non-hydrogen) atoms. The van der Waals surface area contributed by atoms with E-state index in [4.69, 9.17) is 14.2 Å². The van der Waals surface area contributed by atoms with Crippen molar-refractivity contribution in [2.75, 3.05) is 13.2 Å². The van der Waals surface area contributed by atoms with Crippen molar-refractivity contribution >= 4 is 11.9 Å². The van der Waals surface area contributed by atoms with Gasteiger partial charge < -0.3 is 19.3 Å². The maximum Gasteiger partial charge on any atom is 0.305 e. The zero-order valence-corrected chi connectivity index (χ0v) is 26.9. The third-order valence-corrected chi connectivity index (χ3v) is 7.85. The van der Waals surface area contributed by atoms with E-state index < -0.39 is 6.10 Å². The van der Waals surface area contributed by atoms with E-state index in [1.165, 1.54) is 77.0 Å². The van der Waals surface area contributed by atoms with Gasteiger partial charge in [0.15, 0.2) is 0 Å². The molecule has 1 heterocycles. The monoisotopic (exact) mass is 580 g/mol. The predicted octanol–water partition coefficient (Wildman–Crippen LogP) is 9.02. The maximum absolute atomic E-state index is 11.9. The van der Waals surface area contributed by atoms with E-state index >= 15 is 0 Å². The number of hydrogen-bond donors (Lipinski definition) is 1. The molecule has 0 aromatic carbocycles. The maximum atomic E-state index is 11.9. The summed E-state index contributed by atoms with van der Waals surface area (Å²) in [5.74, 6) is 0.220. The number of aliphatic hydroxyl groups excluding tert-OH is 1. The molecule has 6 nitrogen and oxygen atoms in total. The van der Waals surface area contributed by atoms with Crippen LogP contribution >= 0.6 is 0 Å². The van der Waals surface area contributed by atoms with Gasteiger partial charge in [0.2, 0.25) is 0 Å². The molecular weight excluding hydrogens is 516 g/mol. The number of carbonyl (C=O) groups is 2. The van der Waals surface area contributed by atoms with E-state index in [2.05, 4.69) is 32.9 Å². The highest BCUT2D eigenvalue weighted by Crippen LogP contribution is 2.30. The summed E-state index contributed by atoms with van der Waals surface area (Å²) >= 11 is 0. The van der Waals surface area contributed by atoms with Gasteiger partial charge in [-0.25, -0.2) is 0 Å². The van der Waals surface area contributed by atoms with E-state index in [0.717, 1.165) is 57.3 Å². The molecule has 1 saturated heterocycles. The Morgan fingerprint density at radius 1 is 0.707 bits per heavy atom. The van der Waals surface area contributed by atoms with Crippen LogP contribution in [-0.4, -0.2) is 48.6 Å². The number of unbranched alkanes of at least 4 members (excludes halogenated alkanes) is 14. The molecule has 1 N–H and O–H groups in total. The molecule has 0 spiro atoms. The first kappa shape index (κ1) is 37.6. The molecule has 1 aliphatic heterocycles. The van der Waals surface area contributed by atoms with Crippen molar-refractivity contribution in [3.8, 4) is 0 Å². The minimum atomic E-state index is -0.968. The van der Waals surface area contributed by atoms with Gasteiger partial charge in [0.05, 0.1) is 12.2 Å². The Hall–Kier alpha value is -1.40. The normalized spacial score (nSPS) is 17.3. The van der Waals surface area contributed by atoms with Crippen molar-refractivity contribution in [3.05, 3.63) is 12.2 Å². The van der Waals surface area contributed by atoms with Crippen molar-refractivity contribution in [1.82, 2.24) is 0 Å². The highest BCUT2D eigenvalue weighted by atomic mass is 16.6. The van der Waals surface area contributed by atoms with Gasteiger partial charge in [0.1, 0.15) is 19.3 Å². The Morgan fingerprint density at radius 2 is 1.24 bits per heavy atom.